The fraction of sp³-hybridized carbons (Fsp3) is 0.367. The number of halogens is 1. The number of sulfone groups is 1. The third-order valence-electron chi connectivity index (χ3n) is 7.33. The second kappa shape index (κ2) is 14.9. The van der Waals surface area contributed by atoms with E-state index in [0.29, 0.717) is 39.1 Å². The fourth-order valence-corrected chi connectivity index (χ4v) is 7.77. The van der Waals surface area contributed by atoms with Crippen LogP contribution in [0.3, 0.4) is 0 Å². The largest absolute Gasteiger partial charge is 0.495 e. The quantitative estimate of drug-likeness (QED) is 0.139. The first-order valence-electron chi connectivity index (χ1n) is 14.6. The van der Waals surface area contributed by atoms with Crippen molar-refractivity contribution in [2.24, 2.45) is 5.92 Å². The highest BCUT2D eigenvalue weighted by molar-refractivity contribution is 8.01. The van der Waals surface area contributed by atoms with Gasteiger partial charge >= 0.3 is 0 Å². The molecule has 3 N–H and O–H groups in total. The Morgan fingerprint density at radius 3 is 2.63 bits per heavy atom. The number of amides is 1. The molecule has 12 nitrogen and oxygen atoms in total. The summed E-state index contributed by atoms with van der Waals surface area (Å²) >= 11 is 9.08. The Balaban J connectivity index is 1.24. The van der Waals surface area contributed by atoms with Crippen LogP contribution in [-0.2, 0) is 14.6 Å². The number of hydrogen-bond acceptors (Lipinski definition) is 13. The molecule has 16 heteroatoms. The van der Waals surface area contributed by atoms with Gasteiger partial charge in [0.2, 0.25) is 17.0 Å². The second-order valence-corrected chi connectivity index (χ2v) is 16.3. The van der Waals surface area contributed by atoms with Gasteiger partial charge in [0.05, 0.1) is 41.4 Å². The van der Waals surface area contributed by atoms with E-state index in [1.54, 1.807) is 45.2 Å². The molecule has 2 aromatic carbocycles. The van der Waals surface area contributed by atoms with Crippen LogP contribution in [-0.4, -0.2) is 71.4 Å². The maximum absolute atomic E-state index is 12.9. The van der Waals surface area contributed by atoms with Crippen LogP contribution in [0, 0.1) is 5.92 Å². The summed E-state index contributed by atoms with van der Waals surface area (Å²) in [7, 11) is -2.00. The van der Waals surface area contributed by atoms with E-state index in [9.17, 15) is 13.2 Å². The monoisotopic (exact) mass is 702 g/mol. The molecule has 0 saturated carbocycles. The number of ether oxygens (including phenoxy) is 1. The molecule has 0 atom stereocenters. The molecule has 0 bridgehead atoms. The number of likely N-dealkylation sites (tertiary alicyclic amines) is 1. The first kappa shape index (κ1) is 33.9. The molecule has 1 aliphatic heterocycles. The lowest BCUT2D eigenvalue weighted by Crippen LogP contribution is -2.38. The van der Waals surface area contributed by atoms with Gasteiger partial charge in [-0.1, -0.05) is 53.8 Å². The van der Waals surface area contributed by atoms with Crippen LogP contribution in [0.15, 0.2) is 62.8 Å². The molecular formula is C30H35ClN8O4S3. The van der Waals surface area contributed by atoms with Crippen LogP contribution >= 0.6 is 34.7 Å². The zero-order valence-electron chi connectivity index (χ0n) is 25.8. The number of anilines is 5. The van der Waals surface area contributed by atoms with Gasteiger partial charge in [0, 0.05) is 4.90 Å². The van der Waals surface area contributed by atoms with Gasteiger partial charge in [-0.15, -0.1) is 10.2 Å². The Bertz CT molecular complexity index is 1800. The van der Waals surface area contributed by atoms with E-state index in [1.807, 2.05) is 18.2 Å². The van der Waals surface area contributed by atoms with Crippen LogP contribution < -0.4 is 20.7 Å². The summed E-state index contributed by atoms with van der Waals surface area (Å²) in [5, 5.41) is 17.5. The van der Waals surface area contributed by atoms with Crippen molar-refractivity contribution in [1.29, 1.82) is 0 Å². The molecule has 5 rings (SSSR count). The molecule has 3 heterocycles. The van der Waals surface area contributed by atoms with Crippen molar-refractivity contribution in [2.45, 2.75) is 53.0 Å². The van der Waals surface area contributed by atoms with Crippen LogP contribution in [0.4, 0.5) is 28.3 Å². The highest BCUT2D eigenvalue weighted by atomic mass is 35.5. The van der Waals surface area contributed by atoms with Crippen molar-refractivity contribution in [3.05, 3.63) is 53.7 Å². The number of nitrogens with zero attached hydrogens (tertiary/aromatic N) is 5. The lowest BCUT2D eigenvalue weighted by Gasteiger charge is -2.29. The van der Waals surface area contributed by atoms with Crippen molar-refractivity contribution in [1.82, 2.24) is 25.1 Å². The van der Waals surface area contributed by atoms with E-state index in [1.165, 1.54) is 29.3 Å². The first-order valence-corrected chi connectivity index (χ1v) is 18.2. The Morgan fingerprint density at radius 1 is 1.13 bits per heavy atom. The lowest BCUT2D eigenvalue weighted by molar-refractivity contribution is -0.117. The van der Waals surface area contributed by atoms with Crippen molar-refractivity contribution >= 4 is 78.7 Å². The van der Waals surface area contributed by atoms with Gasteiger partial charge in [-0.3, -0.25) is 15.0 Å². The van der Waals surface area contributed by atoms with E-state index < -0.39 is 15.1 Å². The molecule has 1 fully saturated rings. The smallest absolute Gasteiger partial charge is 0.240 e. The van der Waals surface area contributed by atoms with E-state index >= 15 is 0 Å². The van der Waals surface area contributed by atoms with E-state index in [0.717, 1.165) is 30.8 Å². The number of nitrogens with one attached hydrogen (secondary N) is 3. The maximum atomic E-state index is 12.9. The van der Waals surface area contributed by atoms with Crippen molar-refractivity contribution in [3.8, 4) is 5.75 Å². The number of carbonyl (C=O) groups is 1. The van der Waals surface area contributed by atoms with Crippen molar-refractivity contribution in [2.75, 3.05) is 42.7 Å². The van der Waals surface area contributed by atoms with Crippen LogP contribution in [0.2, 0.25) is 5.02 Å². The summed E-state index contributed by atoms with van der Waals surface area (Å²) in [5.74, 6) is 1.60. The minimum Gasteiger partial charge on any atom is -0.495 e. The Morgan fingerprint density at radius 2 is 1.89 bits per heavy atom. The number of para-hydroxylation sites is 1. The zero-order valence-corrected chi connectivity index (χ0v) is 29.0. The average molecular weight is 703 g/mol. The van der Waals surface area contributed by atoms with Gasteiger partial charge in [-0.25, -0.2) is 13.4 Å². The number of aromatic nitrogens is 4. The van der Waals surface area contributed by atoms with E-state index in [2.05, 4.69) is 47.9 Å². The summed E-state index contributed by atoms with van der Waals surface area (Å²) in [5.41, 5.74) is 0.956. The van der Waals surface area contributed by atoms with E-state index in [-0.39, 0.29) is 27.6 Å². The number of methoxy groups -OCH3 is 1. The Hall–Kier alpha value is -3.50. The molecule has 46 heavy (non-hydrogen) atoms. The lowest BCUT2D eigenvalue weighted by atomic mass is 9.99. The van der Waals surface area contributed by atoms with Gasteiger partial charge in [-0.2, -0.15) is 4.98 Å². The van der Waals surface area contributed by atoms with Gasteiger partial charge in [0.15, 0.2) is 20.0 Å². The van der Waals surface area contributed by atoms with Crippen molar-refractivity contribution in [3.63, 3.8) is 0 Å². The number of rotatable bonds is 12. The third kappa shape index (κ3) is 8.45. The molecule has 244 valence electrons. The summed E-state index contributed by atoms with van der Waals surface area (Å²) < 4.78 is 32.1. The molecule has 0 spiro atoms. The van der Waals surface area contributed by atoms with Crippen LogP contribution in [0.1, 0.15) is 33.6 Å². The molecule has 2 aromatic heterocycles. The normalized spacial score (nSPS) is 14.3. The second-order valence-electron chi connectivity index (χ2n) is 11.1. The van der Waals surface area contributed by atoms with Gasteiger partial charge < -0.3 is 15.4 Å². The van der Waals surface area contributed by atoms with Crippen molar-refractivity contribution < 1.29 is 17.9 Å². The van der Waals surface area contributed by atoms with Crippen LogP contribution in [0.5, 0.6) is 5.75 Å². The minimum atomic E-state index is -3.56. The fourth-order valence-electron chi connectivity index (χ4n) is 4.66. The minimum absolute atomic E-state index is 0.0908. The zero-order chi connectivity index (χ0) is 32.8. The molecule has 1 amide bonds. The SMILES string of the molecule is COc1cc(Sc2nnc(NC(=O)CN3CCC(C)CC3)s2)ccc1Nc1ncc(Cl)c(Nc2ccccc2S(=O)(=O)C(C)C)n1. The maximum Gasteiger partial charge on any atom is 0.240 e. The van der Waals surface area contributed by atoms with E-state index in [4.69, 9.17) is 16.3 Å². The van der Waals surface area contributed by atoms with Gasteiger partial charge in [0.1, 0.15) is 10.8 Å². The molecule has 0 aliphatic carbocycles. The first-order chi connectivity index (χ1) is 22.0. The van der Waals surface area contributed by atoms with Gasteiger partial charge in [0.25, 0.3) is 0 Å². The Kier molecular flexibility index (Phi) is 11.0. The summed E-state index contributed by atoms with van der Waals surface area (Å²) in [6, 6.07) is 12.1. The molecular weight excluding hydrogens is 668 g/mol. The molecule has 0 unspecified atom stereocenters. The Labute approximate surface area is 281 Å². The predicted octanol–water partition coefficient (Wildman–Crippen LogP) is 6.48. The molecule has 4 aromatic rings. The highest BCUT2D eigenvalue weighted by Gasteiger charge is 2.23. The molecule has 1 aliphatic rings. The topological polar surface area (TPSA) is 151 Å². The molecule has 0 radical (unpaired) electrons. The number of hydrogen-bond donors (Lipinski definition) is 3. The summed E-state index contributed by atoms with van der Waals surface area (Å²) in [6.45, 7) is 7.72. The summed E-state index contributed by atoms with van der Waals surface area (Å²) in [6.07, 6.45) is 3.64. The average Bonchev–Trinajstić information content (AvgIpc) is 3.46. The third-order valence-corrected chi connectivity index (χ3v) is 11.7. The number of piperidine rings is 1. The summed E-state index contributed by atoms with van der Waals surface area (Å²) in [4.78, 5) is 24.5. The van der Waals surface area contributed by atoms with Crippen LogP contribution in [0.25, 0.3) is 0 Å². The highest BCUT2D eigenvalue weighted by Crippen LogP contribution is 2.37. The molecule has 1 saturated heterocycles. The number of carbonyl (C=O) groups excluding carboxylic acids is 1. The predicted molar refractivity (Wildman–Crippen MR) is 183 cm³/mol. The standard InChI is InChI=1S/C30H35ClN8O4S3/c1-18(2)46(41,42)25-8-6-5-7-23(25)33-27-21(31)16-32-28(36-27)34-22-10-9-20(15-24(22)43-4)44-30-38-37-29(45-30)35-26(40)17-39-13-11-19(3)12-14-39/h5-10,15-16,18-19H,11-14,17H2,1-4H3,(H,35,37,40)(H2,32,33,34,36). The number of benzene rings is 2. The van der Waals surface area contributed by atoms with Gasteiger partial charge in [-0.05, 0) is 76.0 Å².